The lowest BCUT2D eigenvalue weighted by Crippen LogP contribution is -2.26. The first-order chi connectivity index (χ1) is 7.11. The highest BCUT2D eigenvalue weighted by Crippen LogP contribution is 2.30. The van der Waals surface area contributed by atoms with Crippen molar-refractivity contribution in [2.24, 2.45) is 0 Å². The Bertz CT molecular complexity index is 388. The van der Waals surface area contributed by atoms with Gasteiger partial charge < -0.3 is 5.32 Å². The zero-order valence-corrected chi connectivity index (χ0v) is 8.41. The summed E-state index contributed by atoms with van der Waals surface area (Å²) in [5, 5.41) is 3.10. The minimum Gasteiger partial charge on any atom is -0.312 e. The molecule has 15 heavy (non-hydrogen) atoms. The molecule has 4 heteroatoms. The Morgan fingerprint density at radius 2 is 2.07 bits per heavy atom. The number of hydrogen-bond acceptors (Lipinski definition) is 1. The minimum absolute atomic E-state index is 0.462. The number of rotatable bonds is 1. The summed E-state index contributed by atoms with van der Waals surface area (Å²) in [7, 11) is 0. The monoisotopic (exact) mass is 215 g/mol. The first kappa shape index (κ1) is 10.5. The van der Waals surface area contributed by atoms with Crippen molar-refractivity contribution in [3.05, 3.63) is 34.1 Å². The van der Waals surface area contributed by atoms with Crippen LogP contribution in [0.3, 0.4) is 0 Å². The third kappa shape index (κ3) is 1.74. The summed E-state index contributed by atoms with van der Waals surface area (Å²) in [6.45, 7) is 2.97. The molecule has 1 aromatic rings. The maximum absolute atomic E-state index is 13.7. The van der Waals surface area contributed by atoms with Crippen LogP contribution in [-0.2, 0) is 13.0 Å². The number of nitrogens with one attached hydrogen (secondary N) is 1. The molecule has 0 atom stereocenters. The van der Waals surface area contributed by atoms with Gasteiger partial charge in [-0.05, 0) is 42.6 Å². The number of aryl methyl sites for hydroxylation is 1. The topological polar surface area (TPSA) is 12.0 Å². The van der Waals surface area contributed by atoms with Crippen molar-refractivity contribution in [3.63, 3.8) is 0 Å². The lowest BCUT2D eigenvalue weighted by atomic mass is 9.93. The predicted molar refractivity (Wildman–Crippen MR) is 51.5 cm³/mol. The molecule has 1 aromatic carbocycles. The maximum Gasteiger partial charge on any atom is 0.266 e. The molecule has 82 valence electrons. The SMILES string of the molecule is Cc1cc(C(F)F)c(F)c2c1CNCC2. The van der Waals surface area contributed by atoms with Gasteiger partial charge in [0.25, 0.3) is 6.43 Å². The van der Waals surface area contributed by atoms with Gasteiger partial charge in [-0.15, -0.1) is 0 Å². The predicted octanol–water partition coefficient (Wildman–Crippen LogP) is 2.72. The summed E-state index contributed by atoms with van der Waals surface area (Å²) < 4.78 is 38.7. The first-order valence-electron chi connectivity index (χ1n) is 4.91. The molecule has 1 aliphatic heterocycles. The van der Waals surface area contributed by atoms with Crippen LogP contribution >= 0.6 is 0 Å². The molecule has 1 N–H and O–H groups in total. The van der Waals surface area contributed by atoms with E-state index in [1.807, 2.05) is 0 Å². The van der Waals surface area contributed by atoms with Crippen LogP contribution in [0.15, 0.2) is 6.07 Å². The smallest absolute Gasteiger partial charge is 0.266 e. The minimum atomic E-state index is -2.73. The molecule has 0 spiro atoms. The molecule has 0 amide bonds. The molecule has 2 rings (SSSR count). The molecule has 1 aliphatic rings. The van der Waals surface area contributed by atoms with Crippen molar-refractivity contribution in [1.82, 2.24) is 5.32 Å². The van der Waals surface area contributed by atoms with Crippen molar-refractivity contribution < 1.29 is 13.2 Å². The quantitative estimate of drug-likeness (QED) is 0.759. The fraction of sp³-hybridized carbons (Fsp3) is 0.455. The van der Waals surface area contributed by atoms with Gasteiger partial charge in [-0.1, -0.05) is 0 Å². The Morgan fingerprint density at radius 1 is 1.33 bits per heavy atom. The van der Waals surface area contributed by atoms with Crippen LogP contribution in [0.1, 0.15) is 28.7 Å². The summed E-state index contributed by atoms with van der Waals surface area (Å²) in [4.78, 5) is 0. The summed E-state index contributed by atoms with van der Waals surface area (Å²) in [5.41, 5.74) is 1.58. The van der Waals surface area contributed by atoms with Gasteiger partial charge in [0.15, 0.2) is 0 Å². The van der Waals surface area contributed by atoms with Crippen LogP contribution in [0.5, 0.6) is 0 Å². The summed E-state index contributed by atoms with van der Waals surface area (Å²) in [6.07, 6.45) is -2.24. The molecule has 0 aliphatic carbocycles. The average molecular weight is 215 g/mol. The Kier molecular flexibility index (Phi) is 2.69. The molecule has 0 aromatic heterocycles. The number of benzene rings is 1. The van der Waals surface area contributed by atoms with E-state index in [0.717, 1.165) is 11.1 Å². The first-order valence-corrected chi connectivity index (χ1v) is 4.91. The highest BCUT2D eigenvalue weighted by molar-refractivity contribution is 5.41. The Labute approximate surface area is 86.3 Å². The van der Waals surface area contributed by atoms with Gasteiger partial charge in [0, 0.05) is 6.54 Å². The Morgan fingerprint density at radius 3 is 2.73 bits per heavy atom. The van der Waals surface area contributed by atoms with Crippen LogP contribution in [0.2, 0.25) is 0 Å². The largest absolute Gasteiger partial charge is 0.312 e. The molecule has 0 saturated carbocycles. The molecule has 1 heterocycles. The molecule has 1 nitrogen and oxygen atoms in total. The van der Waals surface area contributed by atoms with Crippen LogP contribution in [0.4, 0.5) is 13.2 Å². The van der Waals surface area contributed by atoms with Crippen LogP contribution in [-0.4, -0.2) is 6.54 Å². The molecule has 0 saturated heterocycles. The molecular formula is C11H12F3N. The van der Waals surface area contributed by atoms with Crippen molar-refractivity contribution in [2.75, 3.05) is 6.54 Å². The standard InChI is InChI=1S/C11H12F3N/c1-6-4-8(11(13)14)10(12)7-2-3-15-5-9(6)7/h4,11,15H,2-3,5H2,1H3. The van der Waals surface area contributed by atoms with E-state index in [1.54, 1.807) is 6.92 Å². The second-order valence-corrected chi connectivity index (χ2v) is 3.78. The van der Waals surface area contributed by atoms with E-state index in [1.165, 1.54) is 6.07 Å². The Balaban J connectivity index is 2.59. The summed E-state index contributed by atoms with van der Waals surface area (Å²) >= 11 is 0. The van der Waals surface area contributed by atoms with E-state index in [-0.39, 0.29) is 0 Å². The van der Waals surface area contributed by atoms with E-state index in [4.69, 9.17) is 0 Å². The molecular weight excluding hydrogens is 203 g/mol. The maximum atomic E-state index is 13.7. The van der Waals surface area contributed by atoms with Gasteiger partial charge in [-0.3, -0.25) is 0 Å². The van der Waals surface area contributed by atoms with Crippen LogP contribution in [0, 0.1) is 12.7 Å². The number of alkyl halides is 2. The summed E-state index contributed by atoms with van der Waals surface area (Å²) in [6, 6.07) is 1.26. The number of halogens is 3. The molecule has 0 unspecified atom stereocenters. The lowest BCUT2D eigenvalue weighted by molar-refractivity contribution is 0.146. The van der Waals surface area contributed by atoms with Crippen LogP contribution < -0.4 is 5.32 Å². The van der Waals surface area contributed by atoms with Gasteiger partial charge in [0.2, 0.25) is 0 Å². The molecule has 0 bridgehead atoms. The van der Waals surface area contributed by atoms with Crippen molar-refractivity contribution in [1.29, 1.82) is 0 Å². The zero-order chi connectivity index (χ0) is 11.0. The number of fused-ring (bicyclic) bond motifs is 1. The van der Waals surface area contributed by atoms with Gasteiger partial charge >= 0.3 is 0 Å². The van der Waals surface area contributed by atoms with Gasteiger partial charge in [0.1, 0.15) is 5.82 Å². The van der Waals surface area contributed by atoms with Crippen LogP contribution in [0.25, 0.3) is 0 Å². The van der Waals surface area contributed by atoms with Gasteiger partial charge in [-0.25, -0.2) is 13.2 Å². The highest BCUT2D eigenvalue weighted by atomic mass is 19.3. The van der Waals surface area contributed by atoms with Crippen molar-refractivity contribution in [2.45, 2.75) is 26.3 Å². The van der Waals surface area contributed by atoms with E-state index in [0.29, 0.717) is 25.1 Å². The fourth-order valence-corrected chi connectivity index (χ4v) is 2.02. The van der Waals surface area contributed by atoms with Crippen molar-refractivity contribution in [3.8, 4) is 0 Å². The zero-order valence-electron chi connectivity index (χ0n) is 8.41. The van der Waals surface area contributed by atoms with E-state index in [9.17, 15) is 13.2 Å². The second kappa shape index (κ2) is 3.85. The van der Waals surface area contributed by atoms with E-state index in [2.05, 4.69) is 5.32 Å². The third-order valence-electron chi connectivity index (χ3n) is 2.82. The van der Waals surface area contributed by atoms with E-state index < -0.39 is 17.8 Å². The lowest BCUT2D eigenvalue weighted by Gasteiger charge is -2.21. The normalized spacial score (nSPS) is 15.5. The average Bonchev–Trinajstić information content (AvgIpc) is 2.23. The fourth-order valence-electron chi connectivity index (χ4n) is 2.02. The summed E-state index contributed by atoms with van der Waals surface area (Å²) in [5.74, 6) is -0.716. The highest BCUT2D eigenvalue weighted by Gasteiger charge is 2.22. The van der Waals surface area contributed by atoms with E-state index >= 15 is 0 Å². The second-order valence-electron chi connectivity index (χ2n) is 3.78. The molecule has 0 fully saturated rings. The van der Waals surface area contributed by atoms with Crippen molar-refractivity contribution >= 4 is 0 Å². The van der Waals surface area contributed by atoms with Gasteiger partial charge in [0.05, 0.1) is 5.56 Å². The Hall–Kier alpha value is -1.03. The number of hydrogen-bond donors (Lipinski definition) is 1. The third-order valence-corrected chi connectivity index (χ3v) is 2.82. The molecule has 0 radical (unpaired) electrons. The van der Waals surface area contributed by atoms with Gasteiger partial charge in [-0.2, -0.15) is 0 Å².